The van der Waals surface area contributed by atoms with Crippen LogP contribution in [0.15, 0.2) is 34.9 Å². The molecule has 0 amide bonds. The Morgan fingerprint density at radius 1 is 1.42 bits per heavy atom. The van der Waals surface area contributed by atoms with Crippen LogP contribution in [-0.2, 0) is 13.7 Å². The minimum atomic E-state index is 0.242. The minimum Gasteiger partial charge on any atom is -0.487 e. The average molecular weight is 324 g/mol. The lowest BCUT2D eigenvalue weighted by Crippen LogP contribution is -2.13. The molecular formula is C14H18BrN3O. The molecule has 1 heterocycles. The van der Waals surface area contributed by atoms with Crippen LogP contribution in [0.2, 0.25) is 0 Å². The first-order valence-corrected chi connectivity index (χ1v) is 6.97. The van der Waals surface area contributed by atoms with E-state index in [1.807, 2.05) is 38.5 Å². The molecule has 1 N–H and O–H groups in total. The molecule has 0 saturated carbocycles. The molecule has 4 nitrogen and oxygen atoms in total. The van der Waals surface area contributed by atoms with Gasteiger partial charge in [0.05, 0.1) is 5.69 Å². The van der Waals surface area contributed by atoms with Crippen molar-refractivity contribution in [3.8, 4) is 5.75 Å². The Kier molecular flexibility index (Phi) is 4.61. The molecule has 0 spiro atoms. The number of hydrogen-bond donors (Lipinski definition) is 1. The largest absolute Gasteiger partial charge is 0.487 e. The standard InChI is InChI=1S/C14H18BrN3O/c1-10(16-2)13-5-4-11(15)8-14(13)19-9-12-6-7-18(3)17-12/h4-8,10,16H,9H2,1-3H3. The van der Waals surface area contributed by atoms with Gasteiger partial charge in [0.2, 0.25) is 0 Å². The van der Waals surface area contributed by atoms with E-state index in [0.29, 0.717) is 6.61 Å². The molecule has 0 saturated heterocycles. The number of ether oxygens (including phenoxy) is 1. The number of halogens is 1. The smallest absolute Gasteiger partial charge is 0.132 e. The van der Waals surface area contributed by atoms with Crippen LogP contribution >= 0.6 is 15.9 Å². The van der Waals surface area contributed by atoms with E-state index in [1.165, 1.54) is 0 Å². The number of nitrogens with one attached hydrogen (secondary N) is 1. The summed E-state index contributed by atoms with van der Waals surface area (Å²) in [7, 11) is 3.84. The van der Waals surface area contributed by atoms with Crippen molar-refractivity contribution in [3.63, 3.8) is 0 Å². The number of rotatable bonds is 5. The predicted octanol–water partition coefficient (Wildman–Crippen LogP) is 3.04. The summed E-state index contributed by atoms with van der Waals surface area (Å²) >= 11 is 3.48. The first kappa shape index (κ1) is 14.1. The van der Waals surface area contributed by atoms with Gasteiger partial charge in [0, 0.05) is 29.3 Å². The number of nitrogens with zero attached hydrogens (tertiary/aromatic N) is 2. The molecule has 1 unspecified atom stereocenters. The fraction of sp³-hybridized carbons (Fsp3) is 0.357. The lowest BCUT2D eigenvalue weighted by atomic mass is 10.1. The van der Waals surface area contributed by atoms with Crippen LogP contribution in [0.1, 0.15) is 24.2 Å². The zero-order chi connectivity index (χ0) is 13.8. The molecule has 0 aliphatic heterocycles. The molecule has 1 atom stereocenters. The fourth-order valence-electron chi connectivity index (χ4n) is 1.84. The Morgan fingerprint density at radius 3 is 2.84 bits per heavy atom. The third-order valence-electron chi connectivity index (χ3n) is 3.02. The molecule has 2 aromatic rings. The Balaban J connectivity index is 2.16. The van der Waals surface area contributed by atoms with E-state index in [9.17, 15) is 0 Å². The molecule has 1 aromatic carbocycles. The van der Waals surface area contributed by atoms with Crippen molar-refractivity contribution in [2.24, 2.45) is 7.05 Å². The van der Waals surface area contributed by atoms with Gasteiger partial charge in [-0.1, -0.05) is 22.0 Å². The van der Waals surface area contributed by atoms with Gasteiger partial charge in [-0.2, -0.15) is 5.10 Å². The van der Waals surface area contributed by atoms with Crippen LogP contribution in [0, 0.1) is 0 Å². The Hall–Kier alpha value is -1.33. The van der Waals surface area contributed by atoms with Crippen LogP contribution in [-0.4, -0.2) is 16.8 Å². The lowest BCUT2D eigenvalue weighted by Gasteiger charge is -2.16. The van der Waals surface area contributed by atoms with Crippen LogP contribution in [0.3, 0.4) is 0 Å². The predicted molar refractivity (Wildman–Crippen MR) is 79.2 cm³/mol. The molecule has 1 aromatic heterocycles. The molecule has 0 aliphatic rings. The van der Waals surface area contributed by atoms with Gasteiger partial charge < -0.3 is 10.1 Å². The SMILES string of the molecule is CNC(C)c1ccc(Br)cc1OCc1ccn(C)n1. The molecule has 2 rings (SSSR count). The van der Waals surface area contributed by atoms with Crippen molar-refractivity contribution in [1.82, 2.24) is 15.1 Å². The number of benzene rings is 1. The quantitative estimate of drug-likeness (QED) is 0.919. The van der Waals surface area contributed by atoms with Crippen molar-refractivity contribution in [2.45, 2.75) is 19.6 Å². The van der Waals surface area contributed by atoms with Crippen molar-refractivity contribution in [1.29, 1.82) is 0 Å². The molecule has 0 aliphatic carbocycles. The zero-order valence-corrected chi connectivity index (χ0v) is 12.9. The second-order valence-corrected chi connectivity index (χ2v) is 5.38. The van der Waals surface area contributed by atoms with E-state index < -0.39 is 0 Å². The summed E-state index contributed by atoms with van der Waals surface area (Å²) in [4.78, 5) is 0. The van der Waals surface area contributed by atoms with Gasteiger partial charge in [-0.15, -0.1) is 0 Å². The van der Waals surface area contributed by atoms with Crippen molar-refractivity contribution in [3.05, 3.63) is 46.2 Å². The Bertz CT molecular complexity index is 553. The van der Waals surface area contributed by atoms with Gasteiger partial charge >= 0.3 is 0 Å². The minimum absolute atomic E-state index is 0.242. The van der Waals surface area contributed by atoms with E-state index in [4.69, 9.17) is 4.74 Å². The molecule has 0 bridgehead atoms. The Labute approximate surface area is 121 Å². The number of aromatic nitrogens is 2. The topological polar surface area (TPSA) is 39.1 Å². The van der Waals surface area contributed by atoms with Crippen LogP contribution in [0.5, 0.6) is 5.75 Å². The fourth-order valence-corrected chi connectivity index (χ4v) is 2.18. The third-order valence-corrected chi connectivity index (χ3v) is 3.51. The van der Waals surface area contributed by atoms with E-state index in [-0.39, 0.29) is 6.04 Å². The summed E-state index contributed by atoms with van der Waals surface area (Å²) in [6.45, 7) is 2.58. The second kappa shape index (κ2) is 6.21. The highest BCUT2D eigenvalue weighted by atomic mass is 79.9. The van der Waals surface area contributed by atoms with Gasteiger partial charge in [-0.05, 0) is 32.2 Å². The third kappa shape index (κ3) is 3.58. The van der Waals surface area contributed by atoms with Crippen molar-refractivity contribution in [2.75, 3.05) is 7.05 Å². The van der Waals surface area contributed by atoms with E-state index in [2.05, 4.69) is 39.3 Å². The maximum absolute atomic E-state index is 5.89. The van der Waals surface area contributed by atoms with Crippen molar-refractivity contribution >= 4 is 15.9 Å². The zero-order valence-electron chi connectivity index (χ0n) is 11.4. The summed E-state index contributed by atoms with van der Waals surface area (Å²) in [5.74, 6) is 0.877. The highest BCUT2D eigenvalue weighted by Gasteiger charge is 2.11. The molecule has 19 heavy (non-hydrogen) atoms. The monoisotopic (exact) mass is 323 g/mol. The van der Waals surface area contributed by atoms with Gasteiger partial charge in [0.1, 0.15) is 12.4 Å². The normalized spacial score (nSPS) is 12.4. The summed E-state index contributed by atoms with van der Waals surface area (Å²) < 4.78 is 8.68. The first-order chi connectivity index (χ1) is 9.10. The lowest BCUT2D eigenvalue weighted by molar-refractivity contribution is 0.294. The van der Waals surface area contributed by atoms with Crippen LogP contribution in [0.25, 0.3) is 0 Å². The molecular weight excluding hydrogens is 306 g/mol. The number of hydrogen-bond acceptors (Lipinski definition) is 3. The average Bonchev–Trinajstić information content (AvgIpc) is 2.81. The van der Waals surface area contributed by atoms with Crippen LogP contribution in [0.4, 0.5) is 0 Å². The van der Waals surface area contributed by atoms with Crippen molar-refractivity contribution < 1.29 is 4.74 Å². The van der Waals surface area contributed by atoms with E-state index in [0.717, 1.165) is 21.5 Å². The summed E-state index contributed by atoms with van der Waals surface area (Å²) in [5.41, 5.74) is 2.06. The van der Waals surface area contributed by atoms with E-state index >= 15 is 0 Å². The maximum atomic E-state index is 5.89. The molecule has 5 heteroatoms. The van der Waals surface area contributed by atoms with Crippen LogP contribution < -0.4 is 10.1 Å². The summed E-state index contributed by atoms with van der Waals surface area (Å²) in [6, 6.07) is 8.29. The molecule has 0 radical (unpaired) electrons. The van der Waals surface area contributed by atoms with E-state index in [1.54, 1.807) is 4.68 Å². The van der Waals surface area contributed by atoms with Gasteiger partial charge in [0.25, 0.3) is 0 Å². The highest BCUT2D eigenvalue weighted by Crippen LogP contribution is 2.29. The van der Waals surface area contributed by atoms with Gasteiger partial charge in [-0.25, -0.2) is 0 Å². The maximum Gasteiger partial charge on any atom is 0.132 e. The van der Waals surface area contributed by atoms with Gasteiger partial charge in [-0.3, -0.25) is 4.68 Å². The first-order valence-electron chi connectivity index (χ1n) is 6.18. The summed E-state index contributed by atoms with van der Waals surface area (Å²) in [5, 5.41) is 7.54. The summed E-state index contributed by atoms with van der Waals surface area (Å²) in [6.07, 6.45) is 1.91. The highest BCUT2D eigenvalue weighted by molar-refractivity contribution is 9.10. The second-order valence-electron chi connectivity index (χ2n) is 4.46. The van der Waals surface area contributed by atoms with Gasteiger partial charge in [0.15, 0.2) is 0 Å². The molecule has 102 valence electrons. The molecule has 0 fully saturated rings. The Morgan fingerprint density at radius 2 is 2.21 bits per heavy atom. The number of aryl methyl sites for hydroxylation is 1.